The molecule has 0 bridgehead atoms. The normalized spacial score (nSPS) is 10.2. The molecule has 0 saturated carbocycles. The topological polar surface area (TPSA) is 64.6 Å². The number of ether oxygens (including phenoxy) is 2. The van der Waals surface area contributed by atoms with Crippen LogP contribution in [0, 0.1) is 13.8 Å². The number of hydrogen-bond donors (Lipinski definition) is 1. The molecule has 5 heteroatoms. The van der Waals surface area contributed by atoms with Crippen LogP contribution in [0.15, 0.2) is 72.8 Å². The van der Waals surface area contributed by atoms with E-state index in [2.05, 4.69) is 5.32 Å². The van der Waals surface area contributed by atoms with Crippen molar-refractivity contribution in [1.82, 2.24) is 0 Å². The summed E-state index contributed by atoms with van der Waals surface area (Å²) < 4.78 is 10.8. The van der Waals surface area contributed by atoms with Crippen LogP contribution in [0.2, 0.25) is 0 Å². The summed E-state index contributed by atoms with van der Waals surface area (Å²) in [6, 6.07) is 21.9. The molecule has 0 atom stereocenters. The van der Waals surface area contributed by atoms with Crippen LogP contribution in [0.4, 0.5) is 5.69 Å². The first-order valence-electron chi connectivity index (χ1n) is 8.88. The van der Waals surface area contributed by atoms with E-state index in [9.17, 15) is 9.59 Å². The zero-order valence-electron chi connectivity index (χ0n) is 15.8. The van der Waals surface area contributed by atoms with Gasteiger partial charge in [-0.15, -0.1) is 0 Å². The number of para-hydroxylation sites is 1. The molecule has 0 aliphatic heterocycles. The fraction of sp³-hybridized carbons (Fsp3) is 0.130. The van der Waals surface area contributed by atoms with Crippen LogP contribution < -0.4 is 10.1 Å². The Balaban J connectivity index is 1.52. The summed E-state index contributed by atoms with van der Waals surface area (Å²) in [7, 11) is 0. The van der Waals surface area contributed by atoms with Gasteiger partial charge in [-0.05, 0) is 61.9 Å². The van der Waals surface area contributed by atoms with Gasteiger partial charge in [-0.3, -0.25) is 4.79 Å². The Morgan fingerprint density at radius 2 is 1.54 bits per heavy atom. The molecule has 0 heterocycles. The minimum Gasteiger partial charge on any atom is -0.457 e. The zero-order valence-corrected chi connectivity index (χ0v) is 15.8. The second kappa shape index (κ2) is 8.86. The molecule has 0 unspecified atom stereocenters. The third kappa shape index (κ3) is 5.20. The highest BCUT2D eigenvalue weighted by Crippen LogP contribution is 2.22. The second-order valence-corrected chi connectivity index (χ2v) is 6.38. The number of nitrogens with one attached hydrogen (secondary N) is 1. The monoisotopic (exact) mass is 375 g/mol. The predicted octanol–water partition coefficient (Wildman–Crippen LogP) is 4.89. The number of hydrogen-bond acceptors (Lipinski definition) is 4. The average Bonchev–Trinajstić information content (AvgIpc) is 2.70. The van der Waals surface area contributed by atoms with Gasteiger partial charge < -0.3 is 14.8 Å². The van der Waals surface area contributed by atoms with Gasteiger partial charge >= 0.3 is 5.97 Å². The third-order valence-corrected chi connectivity index (χ3v) is 4.06. The molecule has 3 aromatic rings. The van der Waals surface area contributed by atoms with Crippen LogP contribution in [0.5, 0.6) is 11.5 Å². The summed E-state index contributed by atoms with van der Waals surface area (Å²) in [6.07, 6.45) is 0. The van der Waals surface area contributed by atoms with Gasteiger partial charge in [0.25, 0.3) is 5.91 Å². The highest BCUT2D eigenvalue weighted by Gasteiger charge is 2.13. The summed E-state index contributed by atoms with van der Waals surface area (Å²) >= 11 is 0. The molecule has 28 heavy (non-hydrogen) atoms. The van der Waals surface area contributed by atoms with E-state index >= 15 is 0 Å². The van der Waals surface area contributed by atoms with E-state index in [0.29, 0.717) is 17.0 Å². The molecule has 1 amide bonds. The van der Waals surface area contributed by atoms with E-state index in [0.717, 1.165) is 16.9 Å². The summed E-state index contributed by atoms with van der Waals surface area (Å²) in [5.41, 5.74) is 2.83. The summed E-state index contributed by atoms with van der Waals surface area (Å²) in [6.45, 7) is 3.37. The number of rotatable bonds is 6. The lowest BCUT2D eigenvalue weighted by molar-refractivity contribution is -0.119. The molecule has 142 valence electrons. The second-order valence-electron chi connectivity index (χ2n) is 6.38. The first-order chi connectivity index (χ1) is 13.5. The smallest absolute Gasteiger partial charge is 0.338 e. The molecule has 0 aliphatic carbocycles. The van der Waals surface area contributed by atoms with Gasteiger partial charge in [-0.25, -0.2) is 4.79 Å². The number of carbonyl (C=O) groups is 2. The highest BCUT2D eigenvalue weighted by atomic mass is 16.5. The van der Waals surface area contributed by atoms with Crippen molar-refractivity contribution in [3.05, 3.63) is 89.5 Å². The molecule has 0 fully saturated rings. The minimum atomic E-state index is -0.511. The average molecular weight is 375 g/mol. The van der Waals surface area contributed by atoms with Crippen molar-refractivity contribution in [2.24, 2.45) is 0 Å². The van der Waals surface area contributed by atoms with E-state index in [1.54, 1.807) is 30.3 Å². The van der Waals surface area contributed by atoms with E-state index < -0.39 is 11.9 Å². The molecule has 0 radical (unpaired) electrons. The molecule has 1 N–H and O–H groups in total. The van der Waals surface area contributed by atoms with Gasteiger partial charge in [0, 0.05) is 5.69 Å². The minimum absolute atomic E-state index is 0.353. The van der Waals surface area contributed by atoms with Crippen LogP contribution in [0.1, 0.15) is 21.5 Å². The Bertz CT molecular complexity index is 966. The van der Waals surface area contributed by atoms with Gasteiger partial charge in [0.05, 0.1) is 5.56 Å². The molecule has 3 rings (SSSR count). The van der Waals surface area contributed by atoms with Crippen molar-refractivity contribution < 1.29 is 19.1 Å². The number of esters is 1. The maximum Gasteiger partial charge on any atom is 0.338 e. The zero-order chi connectivity index (χ0) is 19.9. The van der Waals surface area contributed by atoms with Crippen LogP contribution >= 0.6 is 0 Å². The van der Waals surface area contributed by atoms with E-state index in [1.807, 2.05) is 56.3 Å². The molecular weight excluding hydrogens is 354 g/mol. The summed E-state index contributed by atoms with van der Waals surface area (Å²) in [5.74, 6) is 0.474. The Morgan fingerprint density at radius 3 is 2.25 bits per heavy atom. The maximum absolute atomic E-state index is 12.2. The van der Waals surface area contributed by atoms with E-state index in [-0.39, 0.29) is 6.61 Å². The van der Waals surface area contributed by atoms with Gasteiger partial charge in [0.1, 0.15) is 11.5 Å². The van der Waals surface area contributed by atoms with Gasteiger partial charge in [0.2, 0.25) is 0 Å². The molecule has 3 aromatic carbocycles. The molecule has 5 nitrogen and oxygen atoms in total. The number of anilines is 1. The lowest BCUT2D eigenvalue weighted by Gasteiger charge is -2.10. The van der Waals surface area contributed by atoms with Crippen molar-refractivity contribution in [3.8, 4) is 11.5 Å². The largest absolute Gasteiger partial charge is 0.457 e. The highest BCUT2D eigenvalue weighted by molar-refractivity contribution is 5.96. The SMILES string of the molecule is Cc1ccc(C)c(C(=O)OCC(=O)Nc2ccc(Oc3ccccc3)cc2)c1. The third-order valence-electron chi connectivity index (χ3n) is 4.06. The number of aryl methyl sites for hydroxylation is 2. The van der Waals surface area contributed by atoms with Crippen molar-refractivity contribution in [3.63, 3.8) is 0 Å². The predicted molar refractivity (Wildman–Crippen MR) is 108 cm³/mol. The Hall–Kier alpha value is -3.60. The summed E-state index contributed by atoms with van der Waals surface area (Å²) in [5, 5.41) is 2.69. The molecular formula is C23H21NO4. The Morgan fingerprint density at radius 1 is 0.857 bits per heavy atom. The lowest BCUT2D eigenvalue weighted by atomic mass is 10.1. The van der Waals surface area contributed by atoms with Gasteiger partial charge in [0.15, 0.2) is 6.61 Å². The van der Waals surface area contributed by atoms with E-state index in [1.165, 1.54) is 0 Å². The van der Waals surface area contributed by atoms with E-state index in [4.69, 9.17) is 9.47 Å². The van der Waals surface area contributed by atoms with Gasteiger partial charge in [-0.1, -0.05) is 35.9 Å². The van der Waals surface area contributed by atoms with Crippen LogP contribution in [-0.4, -0.2) is 18.5 Å². The summed E-state index contributed by atoms with van der Waals surface area (Å²) in [4.78, 5) is 24.2. The van der Waals surface area contributed by atoms with Gasteiger partial charge in [-0.2, -0.15) is 0 Å². The van der Waals surface area contributed by atoms with Crippen LogP contribution in [0.25, 0.3) is 0 Å². The molecule has 0 saturated heterocycles. The Labute approximate surface area is 163 Å². The first kappa shape index (κ1) is 19.2. The maximum atomic E-state index is 12.2. The number of amides is 1. The lowest BCUT2D eigenvalue weighted by Crippen LogP contribution is -2.21. The standard InChI is InChI=1S/C23H21NO4/c1-16-8-9-17(2)21(14-16)23(26)27-15-22(25)24-18-10-12-20(13-11-18)28-19-6-4-3-5-7-19/h3-14H,15H2,1-2H3,(H,24,25). The molecule has 0 aromatic heterocycles. The fourth-order valence-electron chi connectivity index (χ4n) is 2.59. The fourth-order valence-corrected chi connectivity index (χ4v) is 2.59. The number of benzene rings is 3. The quantitative estimate of drug-likeness (QED) is 0.623. The van der Waals surface area contributed by atoms with Crippen molar-refractivity contribution in [2.75, 3.05) is 11.9 Å². The van der Waals surface area contributed by atoms with Crippen molar-refractivity contribution >= 4 is 17.6 Å². The molecule has 0 aliphatic rings. The van der Waals surface area contributed by atoms with Crippen LogP contribution in [0.3, 0.4) is 0 Å². The molecule has 0 spiro atoms. The Kier molecular flexibility index (Phi) is 6.07. The van der Waals surface area contributed by atoms with Crippen LogP contribution in [-0.2, 0) is 9.53 Å². The van der Waals surface area contributed by atoms with Crippen molar-refractivity contribution in [2.45, 2.75) is 13.8 Å². The van der Waals surface area contributed by atoms with Crippen molar-refractivity contribution in [1.29, 1.82) is 0 Å². The first-order valence-corrected chi connectivity index (χ1v) is 8.88. The number of carbonyl (C=O) groups excluding carboxylic acids is 2.